The SMILES string of the molecule is CC(NC(=O)c1ccc(Br)c(S(N)(=O)=O)c1)C1CCC1. The Bertz CT molecular complexity index is 627. The van der Waals surface area contributed by atoms with Gasteiger partial charge in [0.2, 0.25) is 10.0 Å². The third-order valence-electron chi connectivity index (χ3n) is 3.72. The van der Waals surface area contributed by atoms with Gasteiger partial charge in [-0.05, 0) is 59.8 Å². The van der Waals surface area contributed by atoms with Crippen molar-refractivity contribution < 1.29 is 13.2 Å². The topological polar surface area (TPSA) is 89.3 Å². The summed E-state index contributed by atoms with van der Waals surface area (Å²) in [5.41, 5.74) is 0.295. The second-order valence-corrected chi connectivity index (χ2v) is 7.53. The van der Waals surface area contributed by atoms with E-state index in [1.165, 1.54) is 18.6 Å². The van der Waals surface area contributed by atoms with E-state index in [9.17, 15) is 13.2 Å². The highest BCUT2D eigenvalue weighted by Crippen LogP contribution is 2.29. The van der Waals surface area contributed by atoms with Crippen LogP contribution >= 0.6 is 15.9 Å². The van der Waals surface area contributed by atoms with Crippen molar-refractivity contribution >= 4 is 31.9 Å². The van der Waals surface area contributed by atoms with E-state index in [0.717, 1.165) is 12.8 Å². The predicted octanol–water partition coefficient (Wildman–Crippen LogP) is 2.01. The van der Waals surface area contributed by atoms with Crippen LogP contribution in [-0.4, -0.2) is 20.4 Å². The number of carbonyl (C=O) groups is 1. The molecule has 0 saturated heterocycles. The number of benzene rings is 1. The predicted molar refractivity (Wildman–Crippen MR) is 79.8 cm³/mol. The Morgan fingerprint density at radius 2 is 2.10 bits per heavy atom. The molecule has 1 unspecified atom stereocenters. The first-order valence-electron chi connectivity index (χ1n) is 6.42. The first kappa shape index (κ1) is 15.5. The molecule has 0 heterocycles. The normalized spacial score (nSPS) is 17.4. The molecule has 0 aromatic heterocycles. The zero-order valence-electron chi connectivity index (χ0n) is 11.1. The molecule has 1 aliphatic rings. The Kier molecular flexibility index (Phi) is 4.51. The van der Waals surface area contributed by atoms with Crippen LogP contribution in [0.4, 0.5) is 0 Å². The summed E-state index contributed by atoms with van der Waals surface area (Å²) in [6.45, 7) is 1.97. The van der Waals surface area contributed by atoms with Crippen molar-refractivity contribution in [1.82, 2.24) is 5.32 Å². The summed E-state index contributed by atoms with van der Waals surface area (Å²) in [5, 5.41) is 8.02. The maximum atomic E-state index is 12.1. The Morgan fingerprint density at radius 1 is 1.45 bits per heavy atom. The quantitative estimate of drug-likeness (QED) is 0.860. The van der Waals surface area contributed by atoms with E-state index < -0.39 is 10.0 Å². The number of rotatable bonds is 4. The highest BCUT2D eigenvalue weighted by atomic mass is 79.9. The highest BCUT2D eigenvalue weighted by molar-refractivity contribution is 9.10. The molecule has 1 atom stereocenters. The molecule has 110 valence electrons. The molecule has 0 bridgehead atoms. The van der Waals surface area contributed by atoms with Crippen molar-refractivity contribution in [2.75, 3.05) is 0 Å². The highest BCUT2D eigenvalue weighted by Gasteiger charge is 2.25. The van der Waals surface area contributed by atoms with Gasteiger partial charge in [-0.3, -0.25) is 4.79 Å². The Balaban J connectivity index is 2.18. The summed E-state index contributed by atoms with van der Waals surface area (Å²) in [5.74, 6) is 0.244. The molecular weight excluding hydrogens is 344 g/mol. The van der Waals surface area contributed by atoms with E-state index in [2.05, 4.69) is 21.2 Å². The lowest BCUT2D eigenvalue weighted by atomic mass is 9.80. The Hall–Kier alpha value is -0.920. The molecule has 1 amide bonds. The van der Waals surface area contributed by atoms with Gasteiger partial charge in [0.1, 0.15) is 0 Å². The summed E-state index contributed by atoms with van der Waals surface area (Å²) >= 11 is 3.12. The third-order valence-corrected chi connectivity index (χ3v) is 5.62. The number of hydrogen-bond donors (Lipinski definition) is 2. The van der Waals surface area contributed by atoms with Crippen LogP contribution in [0.3, 0.4) is 0 Å². The number of hydrogen-bond acceptors (Lipinski definition) is 3. The van der Waals surface area contributed by atoms with E-state index in [4.69, 9.17) is 5.14 Å². The van der Waals surface area contributed by atoms with Gasteiger partial charge in [-0.25, -0.2) is 13.6 Å². The molecule has 0 spiro atoms. The number of nitrogens with one attached hydrogen (secondary N) is 1. The summed E-state index contributed by atoms with van der Waals surface area (Å²) in [6.07, 6.45) is 3.47. The zero-order valence-corrected chi connectivity index (χ0v) is 13.5. The molecule has 0 aliphatic heterocycles. The fourth-order valence-electron chi connectivity index (χ4n) is 2.21. The second-order valence-electron chi connectivity index (χ2n) is 5.14. The van der Waals surface area contributed by atoms with Gasteiger partial charge in [0.15, 0.2) is 0 Å². The van der Waals surface area contributed by atoms with Crippen LogP contribution in [0.1, 0.15) is 36.5 Å². The number of sulfonamides is 1. The number of primary sulfonamides is 1. The van der Waals surface area contributed by atoms with E-state index >= 15 is 0 Å². The maximum absolute atomic E-state index is 12.1. The van der Waals surface area contributed by atoms with Gasteiger partial charge in [0.25, 0.3) is 5.91 Å². The lowest BCUT2D eigenvalue weighted by Crippen LogP contribution is -2.40. The monoisotopic (exact) mass is 360 g/mol. The molecular formula is C13H17BrN2O3S. The number of nitrogens with two attached hydrogens (primary N) is 1. The standard InChI is InChI=1S/C13H17BrN2O3S/c1-8(9-3-2-4-9)16-13(17)10-5-6-11(14)12(7-10)20(15,18)19/h5-9H,2-4H2,1H3,(H,16,17)(H2,15,18,19). The maximum Gasteiger partial charge on any atom is 0.251 e. The molecule has 1 aromatic carbocycles. The van der Waals surface area contributed by atoms with Gasteiger partial charge < -0.3 is 5.32 Å². The molecule has 20 heavy (non-hydrogen) atoms. The van der Waals surface area contributed by atoms with Crippen molar-refractivity contribution in [3.05, 3.63) is 28.2 Å². The molecule has 7 heteroatoms. The average Bonchev–Trinajstić information content (AvgIpc) is 2.25. The van der Waals surface area contributed by atoms with Crippen molar-refractivity contribution in [2.24, 2.45) is 11.1 Å². The van der Waals surface area contributed by atoms with Gasteiger partial charge in [-0.2, -0.15) is 0 Å². The number of carbonyl (C=O) groups excluding carboxylic acids is 1. The average molecular weight is 361 g/mol. The second kappa shape index (κ2) is 5.83. The summed E-state index contributed by atoms with van der Waals surface area (Å²) in [7, 11) is -3.85. The van der Waals surface area contributed by atoms with Gasteiger partial charge in [-0.15, -0.1) is 0 Å². The molecule has 1 fully saturated rings. The van der Waals surface area contributed by atoms with Crippen LogP contribution in [-0.2, 0) is 10.0 Å². The van der Waals surface area contributed by atoms with Crippen LogP contribution < -0.4 is 10.5 Å². The molecule has 0 radical (unpaired) electrons. The third kappa shape index (κ3) is 3.39. The van der Waals surface area contributed by atoms with Crippen molar-refractivity contribution in [3.8, 4) is 0 Å². The first-order valence-corrected chi connectivity index (χ1v) is 8.76. The van der Waals surface area contributed by atoms with Crippen LogP contribution in [0, 0.1) is 5.92 Å². The van der Waals surface area contributed by atoms with Gasteiger partial charge in [0, 0.05) is 16.1 Å². The Morgan fingerprint density at radius 3 is 2.60 bits per heavy atom. The van der Waals surface area contributed by atoms with Crippen LogP contribution in [0.15, 0.2) is 27.6 Å². The van der Waals surface area contributed by atoms with E-state index in [1.54, 1.807) is 6.07 Å². The number of amides is 1. The molecule has 2 rings (SSSR count). The minimum absolute atomic E-state index is 0.0820. The van der Waals surface area contributed by atoms with E-state index in [-0.39, 0.29) is 16.8 Å². The fraction of sp³-hybridized carbons (Fsp3) is 0.462. The Labute approximate surface area is 127 Å². The van der Waals surface area contributed by atoms with E-state index in [1.807, 2.05) is 6.92 Å². The smallest absolute Gasteiger partial charge is 0.251 e. The van der Waals surface area contributed by atoms with Crippen LogP contribution in [0.25, 0.3) is 0 Å². The lowest BCUT2D eigenvalue weighted by molar-refractivity contribution is 0.0909. The molecule has 1 aromatic rings. The molecule has 1 saturated carbocycles. The summed E-state index contributed by atoms with van der Waals surface area (Å²) in [6, 6.07) is 4.48. The minimum atomic E-state index is -3.85. The molecule has 1 aliphatic carbocycles. The van der Waals surface area contributed by atoms with Crippen molar-refractivity contribution in [2.45, 2.75) is 37.1 Å². The number of halogens is 1. The van der Waals surface area contributed by atoms with Crippen LogP contribution in [0.5, 0.6) is 0 Å². The fourth-order valence-corrected chi connectivity index (χ4v) is 3.77. The van der Waals surface area contributed by atoms with E-state index in [0.29, 0.717) is 16.0 Å². The lowest BCUT2D eigenvalue weighted by Gasteiger charge is -2.31. The molecule has 3 N–H and O–H groups in total. The summed E-state index contributed by atoms with van der Waals surface area (Å²) in [4.78, 5) is 12.0. The first-order chi connectivity index (χ1) is 9.29. The van der Waals surface area contributed by atoms with Gasteiger partial charge >= 0.3 is 0 Å². The summed E-state index contributed by atoms with van der Waals surface area (Å²) < 4.78 is 23.2. The largest absolute Gasteiger partial charge is 0.349 e. The molecule has 5 nitrogen and oxygen atoms in total. The minimum Gasteiger partial charge on any atom is -0.349 e. The van der Waals surface area contributed by atoms with Gasteiger partial charge in [-0.1, -0.05) is 6.42 Å². The van der Waals surface area contributed by atoms with Crippen molar-refractivity contribution in [1.29, 1.82) is 0 Å². The van der Waals surface area contributed by atoms with Crippen molar-refractivity contribution in [3.63, 3.8) is 0 Å². The zero-order chi connectivity index (χ0) is 14.9. The van der Waals surface area contributed by atoms with Gasteiger partial charge in [0.05, 0.1) is 4.90 Å². The van der Waals surface area contributed by atoms with Crippen LogP contribution in [0.2, 0.25) is 0 Å².